The molecule has 0 heterocycles. The molecule has 2 N–H and O–H groups in total. The quantitative estimate of drug-likeness (QED) is 0.423. The van der Waals surface area contributed by atoms with Gasteiger partial charge in [-0.15, -0.1) is 0 Å². The Balaban J connectivity index is 3.52. The largest absolute Gasteiger partial charge is 0.481 e. The highest BCUT2D eigenvalue weighted by molar-refractivity contribution is 5.70. The maximum absolute atomic E-state index is 11.1. The third-order valence-corrected chi connectivity index (χ3v) is 3.95. The van der Waals surface area contributed by atoms with Gasteiger partial charge in [0.05, 0.1) is 5.92 Å². The van der Waals surface area contributed by atoms with Crippen molar-refractivity contribution >= 4 is 11.9 Å². The molecule has 21 heavy (non-hydrogen) atoms. The first-order valence-corrected chi connectivity index (χ1v) is 8.52. The van der Waals surface area contributed by atoms with E-state index in [2.05, 4.69) is 6.92 Å². The van der Waals surface area contributed by atoms with Crippen LogP contribution in [0.15, 0.2) is 0 Å². The number of carboxylic acids is 2. The Morgan fingerprint density at radius 1 is 0.762 bits per heavy atom. The summed E-state index contributed by atoms with van der Waals surface area (Å²) in [6, 6.07) is 0. The van der Waals surface area contributed by atoms with Gasteiger partial charge in [0.2, 0.25) is 0 Å². The normalized spacial score (nSPS) is 12.2. The Kier molecular flexibility index (Phi) is 13.2. The predicted molar refractivity (Wildman–Crippen MR) is 84.5 cm³/mol. The molecule has 0 radical (unpaired) electrons. The van der Waals surface area contributed by atoms with Gasteiger partial charge in [-0.1, -0.05) is 64.7 Å². The molecular weight excluding hydrogens is 268 g/mol. The molecule has 0 amide bonds. The lowest BCUT2D eigenvalue weighted by Crippen LogP contribution is -2.14. The fourth-order valence-corrected chi connectivity index (χ4v) is 2.59. The van der Waals surface area contributed by atoms with E-state index in [9.17, 15) is 9.59 Å². The molecule has 124 valence electrons. The highest BCUT2D eigenvalue weighted by atomic mass is 16.4. The molecule has 4 nitrogen and oxygen atoms in total. The van der Waals surface area contributed by atoms with Crippen LogP contribution in [0.5, 0.6) is 0 Å². The number of unbranched alkanes of at least 4 members (excludes halogenated alkanes) is 8. The minimum atomic E-state index is -0.845. The smallest absolute Gasteiger partial charge is 0.306 e. The molecule has 0 saturated carbocycles. The summed E-state index contributed by atoms with van der Waals surface area (Å²) >= 11 is 0. The zero-order valence-corrected chi connectivity index (χ0v) is 13.5. The molecule has 0 fully saturated rings. The van der Waals surface area contributed by atoms with Gasteiger partial charge >= 0.3 is 11.9 Å². The minimum absolute atomic E-state index is 0.0710. The lowest BCUT2D eigenvalue weighted by molar-refractivity contribution is -0.143. The van der Waals surface area contributed by atoms with Crippen LogP contribution in [0.3, 0.4) is 0 Å². The first-order valence-electron chi connectivity index (χ1n) is 8.52. The van der Waals surface area contributed by atoms with E-state index in [1.54, 1.807) is 0 Å². The summed E-state index contributed by atoms with van der Waals surface area (Å²) in [6.45, 7) is 2.22. The Morgan fingerprint density at radius 2 is 1.24 bits per heavy atom. The van der Waals surface area contributed by atoms with Crippen molar-refractivity contribution in [1.29, 1.82) is 0 Å². The molecular formula is C17H32O4. The van der Waals surface area contributed by atoms with Gasteiger partial charge in [-0.2, -0.15) is 0 Å². The van der Waals surface area contributed by atoms with Crippen LogP contribution in [0.25, 0.3) is 0 Å². The molecule has 0 spiro atoms. The summed E-state index contributed by atoms with van der Waals surface area (Å²) in [5.74, 6) is -1.99. The minimum Gasteiger partial charge on any atom is -0.481 e. The van der Waals surface area contributed by atoms with Crippen molar-refractivity contribution in [2.75, 3.05) is 0 Å². The summed E-state index contributed by atoms with van der Waals surface area (Å²) in [4.78, 5) is 21.5. The number of aliphatic carboxylic acids is 2. The first-order chi connectivity index (χ1) is 10.1. The van der Waals surface area contributed by atoms with Gasteiger partial charge in [-0.3, -0.25) is 9.59 Å². The van der Waals surface area contributed by atoms with E-state index in [1.807, 2.05) is 0 Å². The average Bonchev–Trinajstić information content (AvgIpc) is 2.43. The van der Waals surface area contributed by atoms with E-state index in [0.717, 1.165) is 12.8 Å². The van der Waals surface area contributed by atoms with E-state index < -0.39 is 11.9 Å². The lowest BCUT2D eigenvalue weighted by Gasteiger charge is -2.11. The van der Waals surface area contributed by atoms with Crippen molar-refractivity contribution < 1.29 is 19.8 Å². The van der Waals surface area contributed by atoms with Crippen LogP contribution < -0.4 is 0 Å². The Bertz CT molecular complexity index is 276. The van der Waals surface area contributed by atoms with E-state index in [1.165, 1.54) is 44.9 Å². The molecule has 0 aliphatic heterocycles. The van der Waals surface area contributed by atoms with Crippen LogP contribution in [0.2, 0.25) is 0 Å². The number of carbonyl (C=O) groups is 2. The maximum atomic E-state index is 11.1. The molecule has 1 atom stereocenters. The predicted octanol–water partition coefficient (Wildman–Crippen LogP) is 4.86. The van der Waals surface area contributed by atoms with E-state index >= 15 is 0 Å². The van der Waals surface area contributed by atoms with Crippen LogP contribution in [0, 0.1) is 5.92 Å². The van der Waals surface area contributed by atoms with Crippen LogP contribution in [0.1, 0.15) is 90.4 Å². The monoisotopic (exact) mass is 300 g/mol. The van der Waals surface area contributed by atoms with Crippen molar-refractivity contribution in [2.24, 2.45) is 5.92 Å². The highest BCUT2D eigenvalue weighted by Crippen LogP contribution is 2.18. The van der Waals surface area contributed by atoms with Gasteiger partial charge < -0.3 is 10.2 Å². The van der Waals surface area contributed by atoms with Gasteiger partial charge in [-0.05, 0) is 19.3 Å². The van der Waals surface area contributed by atoms with Gasteiger partial charge in [0.1, 0.15) is 0 Å². The van der Waals surface area contributed by atoms with Crippen molar-refractivity contribution in [3.05, 3.63) is 0 Å². The van der Waals surface area contributed by atoms with Crippen molar-refractivity contribution in [2.45, 2.75) is 90.4 Å². The standard InChI is InChI=1S/C17H32O4/c1-2-3-4-5-6-7-8-9-10-12-15(17(20)21)13-11-14-16(18)19/h15H,2-14H2,1H3,(H,18,19)(H,20,21). The number of rotatable bonds is 15. The summed E-state index contributed by atoms with van der Waals surface area (Å²) < 4.78 is 0. The number of hydrogen-bond acceptors (Lipinski definition) is 2. The second-order valence-electron chi connectivity index (χ2n) is 5.94. The van der Waals surface area contributed by atoms with Crippen molar-refractivity contribution in [1.82, 2.24) is 0 Å². The molecule has 0 aliphatic rings. The van der Waals surface area contributed by atoms with Crippen LogP contribution >= 0.6 is 0 Å². The SMILES string of the molecule is CCCCCCCCCCCC(CCCC(=O)O)C(=O)O. The van der Waals surface area contributed by atoms with Crippen molar-refractivity contribution in [3.63, 3.8) is 0 Å². The summed E-state index contributed by atoms with van der Waals surface area (Å²) in [5, 5.41) is 17.7. The maximum Gasteiger partial charge on any atom is 0.306 e. The number of hydrogen-bond donors (Lipinski definition) is 2. The molecule has 4 heteroatoms. The van der Waals surface area contributed by atoms with Crippen LogP contribution in [0.4, 0.5) is 0 Å². The molecule has 0 aromatic heterocycles. The topological polar surface area (TPSA) is 74.6 Å². The van der Waals surface area contributed by atoms with E-state index in [4.69, 9.17) is 10.2 Å². The highest BCUT2D eigenvalue weighted by Gasteiger charge is 2.16. The van der Waals surface area contributed by atoms with Gasteiger partial charge in [0.15, 0.2) is 0 Å². The van der Waals surface area contributed by atoms with Crippen LogP contribution in [-0.2, 0) is 9.59 Å². The zero-order chi connectivity index (χ0) is 15.9. The molecule has 0 bridgehead atoms. The lowest BCUT2D eigenvalue weighted by atomic mass is 9.95. The Morgan fingerprint density at radius 3 is 1.71 bits per heavy atom. The summed E-state index contributed by atoms with van der Waals surface area (Å²) in [5.41, 5.74) is 0. The molecule has 0 saturated heterocycles. The van der Waals surface area contributed by atoms with Gasteiger partial charge in [0.25, 0.3) is 0 Å². The van der Waals surface area contributed by atoms with E-state index in [-0.39, 0.29) is 12.3 Å². The molecule has 1 unspecified atom stereocenters. The fourth-order valence-electron chi connectivity index (χ4n) is 2.59. The second-order valence-corrected chi connectivity index (χ2v) is 5.94. The van der Waals surface area contributed by atoms with Gasteiger partial charge in [0, 0.05) is 6.42 Å². The second kappa shape index (κ2) is 13.9. The molecule has 0 aromatic rings. The average molecular weight is 300 g/mol. The molecule has 0 rings (SSSR count). The summed E-state index contributed by atoms with van der Waals surface area (Å²) in [6.07, 6.45) is 12.7. The third-order valence-electron chi connectivity index (χ3n) is 3.95. The van der Waals surface area contributed by atoms with Crippen LogP contribution in [-0.4, -0.2) is 22.2 Å². The molecule has 0 aromatic carbocycles. The Hall–Kier alpha value is -1.06. The third kappa shape index (κ3) is 13.7. The van der Waals surface area contributed by atoms with Crippen molar-refractivity contribution in [3.8, 4) is 0 Å². The Labute approximate surface area is 128 Å². The van der Waals surface area contributed by atoms with Gasteiger partial charge in [-0.25, -0.2) is 0 Å². The summed E-state index contributed by atoms with van der Waals surface area (Å²) in [7, 11) is 0. The van der Waals surface area contributed by atoms with E-state index in [0.29, 0.717) is 19.3 Å². The zero-order valence-electron chi connectivity index (χ0n) is 13.5. The number of carboxylic acid groups (broad SMARTS) is 2. The fraction of sp³-hybridized carbons (Fsp3) is 0.882. The molecule has 0 aliphatic carbocycles. The first kappa shape index (κ1) is 19.9.